The van der Waals surface area contributed by atoms with Crippen LogP contribution in [0.4, 0.5) is 5.69 Å². The maximum Gasteiger partial charge on any atom is 0.295 e. The topological polar surface area (TPSA) is 75.1 Å². The molecule has 1 aromatic heterocycles. The van der Waals surface area contributed by atoms with Crippen LogP contribution in [0.2, 0.25) is 0 Å². The molecule has 8 nitrogen and oxygen atoms in total. The van der Waals surface area contributed by atoms with Crippen LogP contribution in [0.3, 0.4) is 0 Å². The van der Waals surface area contributed by atoms with Crippen molar-refractivity contribution in [2.24, 2.45) is 0 Å². The number of ketones is 1. The molecule has 2 heterocycles. The van der Waals surface area contributed by atoms with Crippen molar-refractivity contribution in [3.8, 4) is 5.75 Å². The quantitative estimate of drug-likeness (QED) is 0.369. The minimum absolute atomic E-state index is 0.0199. The Hall–Kier alpha value is -3.81. The van der Waals surface area contributed by atoms with Gasteiger partial charge < -0.3 is 24.0 Å². The van der Waals surface area contributed by atoms with Gasteiger partial charge in [0, 0.05) is 56.4 Å². The van der Waals surface area contributed by atoms with Gasteiger partial charge in [-0.05, 0) is 32.0 Å². The van der Waals surface area contributed by atoms with Crippen molar-refractivity contribution in [3.63, 3.8) is 0 Å². The van der Waals surface area contributed by atoms with Crippen molar-refractivity contribution in [2.45, 2.75) is 20.4 Å². The van der Waals surface area contributed by atoms with Gasteiger partial charge in [0.1, 0.15) is 12.3 Å². The molecule has 0 spiro atoms. The summed E-state index contributed by atoms with van der Waals surface area (Å²) in [6.07, 6.45) is 1.65. The maximum atomic E-state index is 13.3. The Morgan fingerprint density at radius 3 is 2.26 bits per heavy atom. The van der Waals surface area contributed by atoms with Gasteiger partial charge in [-0.2, -0.15) is 0 Å². The number of amides is 2. The lowest BCUT2D eigenvalue weighted by molar-refractivity contribution is -0.131. The predicted molar refractivity (Wildman–Crippen MR) is 136 cm³/mol. The van der Waals surface area contributed by atoms with E-state index in [1.54, 1.807) is 27.7 Å². The monoisotopic (exact) mass is 476 g/mol. The third-order valence-corrected chi connectivity index (χ3v) is 6.64. The fraction of sp³-hybridized carbons (Fsp3) is 0.370. The second kappa shape index (κ2) is 10.6. The van der Waals surface area contributed by atoms with Crippen molar-refractivity contribution in [3.05, 3.63) is 60.3 Å². The number of Topliss-reactive ketones (excluding diaryl/α,β-unsaturated/α-hetero) is 1. The Morgan fingerprint density at radius 2 is 1.57 bits per heavy atom. The van der Waals surface area contributed by atoms with Gasteiger partial charge in [0.05, 0.1) is 18.4 Å². The zero-order chi connectivity index (χ0) is 24.9. The van der Waals surface area contributed by atoms with Gasteiger partial charge >= 0.3 is 0 Å². The molecule has 1 aliphatic rings. The highest BCUT2D eigenvalue weighted by Crippen LogP contribution is 2.29. The molecule has 0 bridgehead atoms. The molecule has 184 valence electrons. The van der Waals surface area contributed by atoms with Gasteiger partial charge in [-0.3, -0.25) is 14.4 Å². The number of aromatic nitrogens is 1. The smallest absolute Gasteiger partial charge is 0.295 e. The zero-order valence-corrected chi connectivity index (χ0v) is 20.6. The number of likely N-dealkylation sites (N-methyl/N-ethyl adjacent to an activating group) is 1. The number of carbonyl (C=O) groups excluding carboxylic acids is 3. The first-order chi connectivity index (χ1) is 17.0. The van der Waals surface area contributed by atoms with Gasteiger partial charge in [0.25, 0.3) is 11.7 Å². The molecule has 4 rings (SSSR count). The van der Waals surface area contributed by atoms with Gasteiger partial charge in [0.2, 0.25) is 5.91 Å². The van der Waals surface area contributed by atoms with E-state index in [1.807, 2.05) is 62.4 Å². The summed E-state index contributed by atoms with van der Waals surface area (Å²) >= 11 is 0. The summed E-state index contributed by atoms with van der Waals surface area (Å²) in [6.45, 7) is 7.37. The van der Waals surface area contributed by atoms with E-state index in [2.05, 4.69) is 4.90 Å². The second-order valence-corrected chi connectivity index (χ2v) is 8.53. The molecule has 0 N–H and O–H groups in total. The molecule has 0 radical (unpaired) electrons. The van der Waals surface area contributed by atoms with Crippen molar-refractivity contribution < 1.29 is 19.1 Å². The number of piperazine rings is 1. The predicted octanol–water partition coefficient (Wildman–Crippen LogP) is 3.05. The molecule has 0 unspecified atom stereocenters. The van der Waals surface area contributed by atoms with Gasteiger partial charge in [0.15, 0.2) is 0 Å². The average Bonchev–Trinajstić information content (AvgIpc) is 3.26. The standard InChI is InChI=1S/C27H32N4O4/c1-4-28(5-2)25(32)19-31-18-21(20-10-6-7-11-22(20)31)26(33)27(34)30-16-14-29(15-17-30)23-12-8-9-13-24(23)35-3/h6-13,18H,4-5,14-17,19H2,1-3H3. The van der Waals surface area contributed by atoms with Crippen molar-refractivity contribution in [1.82, 2.24) is 14.4 Å². The molecule has 2 aromatic carbocycles. The van der Waals surface area contributed by atoms with Crippen LogP contribution in [-0.2, 0) is 16.1 Å². The summed E-state index contributed by atoms with van der Waals surface area (Å²) in [5, 5.41) is 0.686. The number of hydrogen-bond acceptors (Lipinski definition) is 5. The molecule has 0 atom stereocenters. The SMILES string of the molecule is CCN(CC)C(=O)Cn1cc(C(=O)C(=O)N2CCN(c3ccccc3OC)CC2)c2ccccc21. The summed E-state index contributed by atoms with van der Waals surface area (Å²) in [5.41, 5.74) is 2.09. The summed E-state index contributed by atoms with van der Waals surface area (Å²) in [5.74, 6) is -0.285. The van der Waals surface area contributed by atoms with Crippen LogP contribution in [0.1, 0.15) is 24.2 Å². The summed E-state index contributed by atoms with van der Waals surface area (Å²) < 4.78 is 7.24. The van der Waals surface area contributed by atoms with E-state index < -0.39 is 11.7 Å². The molecule has 2 amide bonds. The van der Waals surface area contributed by atoms with Crippen LogP contribution in [-0.4, -0.2) is 78.3 Å². The first-order valence-electron chi connectivity index (χ1n) is 12.1. The average molecular weight is 477 g/mol. The Kier molecular flexibility index (Phi) is 7.39. The van der Waals surface area contributed by atoms with Crippen molar-refractivity contribution in [1.29, 1.82) is 0 Å². The number of rotatable bonds is 8. The lowest BCUT2D eigenvalue weighted by Gasteiger charge is -2.36. The third kappa shape index (κ3) is 4.87. The number of ether oxygens (including phenoxy) is 1. The van der Waals surface area contributed by atoms with E-state index in [0.29, 0.717) is 50.2 Å². The number of fused-ring (bicyclic) bond motifs is 1. The lowest BCUT2D eigenvalue weighted by Crippen LogP contribution is -2.50. The molecule has 3 aromatic rings. The first-order valence-corrected chi connectivity index (χ1v) is 12.1. The molecule has 8 heteroatoms. The number of nitrogens with zero attached hydrogens (tertiary/aromatic N) is 4. The summed E-state index contributed by atoms with van der Waals surface area (Å²) in [6, 6.07) is 15.2. The Labute approximate surface area is 205 Å². The van der Waals surface area contributed by atoms with E-state index in [9.17, 15) is 14.4 Å². The molecule has 0 saturated carbocycles. The van der Waals surface area contributed by atoms with Gasteiger partial charge in [-0.15, -0.1) is 0 Å². The highest BCUT2D eigenvalue weighted by molar-refractivity contribution is 6.45. The Morgan fingerprint density at radius 1 is 0.914 bits per heavy atom. The van der Waals surface area contributed by atoms with E-state index in [4.69, 9.17) is 4.74 Å². The number of benzene rings is 2. The lowest BCUT2D eigenvalue weighted by atomic mass is 10.1. The molecule has 1 saturated heterocycles. The number of para-hydroxylation sites is 3. The van der Waals surface area contributed by atoms with E-state index in [-0.39, 0.29) is 12.5 Å². The van der Waals surface area contributed by atoms with Crippen LogP contribution in [0, 0.1) is 0 Å². The Balaban J connectivity index is 1.50. The zero-order valence-electron chi connectivity index (χ0n) is 20.6. The van der Waals surface area contributed by atoms with Crippen LogP contribution in [0.15, 0.2) is 54.7 Å². The maximum absolute atomic E-state index is 13.3. The molecule has 35 heavy (non-hydrogen) atoms. The fourth-order valence-electron chi connectivity index (χ4n) is 4.68. The van der Waals surface area contributed by atoms with E-state index >= 15 is 0 Å². The molecule has 0 aliphatic carbocycles. The number of methoxy groups -OCH3 is 1. The third-order valence-electron chi connectivity index (χ3n) is 6.64. The van der Waals surface area contributed by atoms with Crippen LogP contribution >= 0.6 is 0 Å². The molecule has 1 aliphatic heterocycles. The van der Waals surface area contributed by atoms with Gasteiger partial charge in [-0.25, -0.2) is 0 Å². The minimum Gasteiger partial charge on any atom is -0.495 e. The first kappa shape index (κ1) is 24.3. The van der Waals surface area contributed by atoms with E-state index in [1.165, 1.54) is 0 Å². The summed E-state index contributed by atoms with van der Waals surface area (Å²) in [4.78, 5) is 44.7. The van der Waals surface area contributed by atoms with Crippen molar-refractivity contribution in [2.75, 3.05) is 51.3 Å². The van der Waals surface area contributed by atoms with Crippen LogP contribution < -0.4 is 9.64 Å². The second-order valence-electron chi connectivity index (χ2n) is 8.53. The number of anilines is 1. The van der Waals surface area contributed by atoms with Crippen LogP contribution in [0.25, 0.3) is 10.9 Å². The van der Waals surface area contributed by atoms with Crippen molar-refractivity contribution >= 4 is 34.2 Å². The van der Waals surface area contributed by atoms with E-state index in [0.717, 1.165) is 17.0 Å². The number of carbonyl (C=O) groups is 3. The molecule has 1 fully saturated rings. The fourth-order valence-corrected chi connectivity index (χ4v) is 4.68. The molecular formula is C27H32N4O4. The normalized spacial score (nSPS) is 13.7. The largest absolute Gasteiger partial charge is 0.495 e. The Bertz CT molecular complexity index is 1220. The summed E-state index contributed by atoms with van der Waals surface area (Å²) in [7, 11) is 1.64. The highest BCUT2D eigenvalue weighted by Gasteiger charge is 2.30. The van der Waals surface area contributed by atoms with Gasteiger partial charge in [-0.1, -0.05) is 30.3 Å². The minimum atomic E-state index is -0.541. The van der Waals surface area contributed by atoms with Crippen LogP contribution in [0.5, 0.6) is 5.75 Å². The molecular weight excluding hydrogens is 444 g/mol. The number of hydrogen-bond donors (Lipinski definition) is 0. The highest BCUT2D eigenvalue weighted by atomic mass is 16.5.